The number of benzene rings is 2. The quantitative estimate of drug-likeness (QED) is 0.269. The molecule has 0 bridgehead atoms. The Morgan fingerprint density at radius 1 is 1.11 bits per heavy atom. The van der Waals surface area contributed by atoms with E-state index in [-0.39, 0.29) is 22.0 Å². The van der Waals surface area contributed by atoms with Crippen molar-refractivity contribution in [3.05, 3.63) is 58.6 Å². The first kappa shape index (κ1) is 20.7. The highest BCUT2D eigenvalue weighted by Crippen LogP contribution is 2.23. The zero-order valence-corrected chi connectivity index (χ0v) is 15.3. The number of hydrogen-bond donors (Lipinski definition) is 3. The van der Waals surface area contributed by atoms with Crippen LogP contribution in [0, 0.1) is 10.1 Å². The van der Waals surface area contributed by atoms with Crippen LogP contribution in [-0.4, -0.2) is 30.7 Å². The summed E-state index contributed by atoms with van der Waals surface area (Å²) < 4.78 is 22.5. The number of carbonyl (C=O) groups excluding carboxylic acids is 2. The van der Waals surface area contributed by atoms with E-state index in [4.69, 9.17) is 5.14 Å². The van der Waals surface area contributed by atoms with E-state index < -0.39 is 32.3 Å². The summed E-state index contributed by atoms with van der Waals surface area (Å²) in [6.45, 7) is 1.10. The predicted octanol–water partition coefficient (Wildman–Crippen LogP) is 1.24. The summed E-state index contributed by atoms with van der Waals surface area (Å²) >= 11 is 0. The van der Waals surface area contributed by atoms with Crippen LogP contribution >= 0.6 is 0 Å². The second-order valence-electron chi connectivity index (χ2n) is 5.43. The number of hydrazone groups is 1. The monoisotopic (exact) mass is 405 g/mol. The molecule has 0 aliphatic rings. The maximum absolute atomic E-state index is 12.3. The van der Waals surface area contributed by atoms with Gasteiger partial charge in [0, 0.05) is 18.7 Å². The van der Waals surface area contributed by atoms with Crippen molar-refractivity contribution in [2.24, 2.45) is 10.2 Å². The first-order valence-corrected chi connectivity index (χ1v) is 9.16. The molecule has 4 N–H and O–H groups in total. The Labute approximate surface area is 159 Å². The van der Waals surface area contributed by atoms with Crippen molar-refractivity contribution in [2.45, 2.75) is 11.8 Å². The molecule has 2 rings (SSSR count). The van der Waals surface area contributed by atoms with Crippen LogP contribution in [0.4, 0.5) is 17.1 Å². The van der Waals surface area contributed by atoms with Gasteiger partial charge >= 0.3 is 0 Å². The minimum absolute atomic E-state index is 0.00319. The van der Waals surface area contributed by atoms with Crippen molar-refractivity contribution in [3.63, 3.8) is 0 Å². The standard InChI is InChI=1S/C16H15N5O6S/c1-10(22)15(20-19-13-4-2-3-5-14(13)21(24)25)16(23)18-11-6-8-12(9-7-11)28(17,26)27/h2-9,19H,1H3,(H,18,23)(H2,17,26,27)/b20-15-. The number of nitrogens with one attached hydrogen (secondary N) is 2. The zero-order chi connectivity index (χ0) is 20.9. The van der Waals surface area contributed by atoms with E-state index in [0.29, 0.717) is 0 Å². The zero-order valence-electron chi connectivity index (χ0n) is 14.4. The van der Waals surface area contributed by atoms with Crippen LogP contribution < -0.4 is 15.9 Å². The average molecular weight is 405 g/mol. The molecule has 1 amide bonds. The Balaban J connectivity index is 2.22. The third-order valence-electron chi connectivity index (χ3n) is 3.38. The van der Waals surface area contributed by atoms with Crippen LogP contribution in [0.5, 0.6) is 0 Å². The average Bonchev–Trinajstić information content (AvgIpc) is 2.61. The number of primary sulfonamides is 1. The van der Waals surface area contributed by atoms with Crippen LogP contribution in [0.3, 0.4) is 0 Å². The van der Waals surface area contributed by atoms with Gasteiger partial charge in [-0.25, -0.2) is 13.6 Å². The molecule has 0 atom stereocenters. The number of carbonyl (C=O) groups is 2. The molecule has 0 saturated heterocycles. The van der Waals surface area contributed by atoms with Crippen LogP contribution in [0.2, 0.25) is 0 Å². The van der Waals surface area contributed by atoms with Gasteiger partial charge in [-0.15, -0.1) is 0 Å². The molecule has 0 radical (unpaired) electrons. The van der Waals surface area contributed by atoms with Gasteiger partial charge < -0.3 is 5.32 Å². The van der Waals surface area contributed by atoms with E-state index in [2.05, 4.69) is 15.8 Å². The minimum Gasteiger partial charge on any atom is -0.320 e. The number of sulfonamides is 1. The number of Topliss-reactive ketones (excluding diaryl/α,β-unsaturated/α-hetero) is 1. The van der Waals surface area contributed by atoms with Crippen molar-refractivity contribution >= 4 is 44.5 Å². The summed E-state index contributed by atoms with van der Waals surface area (Å²) in [6, 6.07) is 10.5. The minimum atomic E-state index is -3.88. The van der Waals surface area contributed by atoms with Gasteiger partial charge in [0.15, 0.2) is 11.5 Å². The highest BCUT2D eigenvalue weighted by atomic mass is 32.2. The first-order valence-electron chi connectivity index (χ1n) is 7.62. The fourth-order valence-electron chi connectivity index (χ4n) is 2.05. The summed E-state index contributed by atoms with van der Waals surface area (Å²) in [6.07, 6.45) is 0. The number of hydrogen-bond acceptors (Lipinski definition) is 8. The fourth-order valence-corrected chi connectivity index (χ4v) is 2.57. The molecule has 0 heterocycles. The topological polar surface area (TPSA) is 174 Å². The summed E-state index contributed by atoms with van der Waals surface area (Å²) in [5.41, 5.74) is 1.71. The highest BCUT2D eigenvalue weighted by Gasteiger charge is 2.19. The number of nitro benzene ring substituents is 1. The molecule has 2 aromatic carbocycles. The Morgan fingerprint density at radius 3 is 2.25 bits per heavy atom. The van der Waals surface area contributed by atoms with Crippen LogP contribution in [0.25, 0.3) is 0 Å². The van der Waals surface area contributed by atoms with Gasteiger partial charge in [-0.05, 0) is 30.3 Å². The number of amides is 1. The van der Waals surface area contributed by atoms with E-state index in [0.717, 1.165) is 6.92 Å². The number of rotatable bonds is 7. The molecular weight excluding hydrogens is 390 g/mol. The lowest BCUT2D eigenvalue weighted by atomic mass is 10.2. The van der Waals surface area contributed by atoms with Gasteiger partial charge in [0.05, 0.1) is 9.82 Å². The molecule has 146 valence electrons. The van der Waals surface area contributed by atoms with Crippen molar-refractivity contribution < 1.29 is 22.9 Å². The highest BCUT2D eigenvalue weighted by molar-refractivity contribution is 7.89. The van der Waals surface area contributed by atoms with Gasteiger partial charge in [-0.2, -0.15) is 5.10 Å². The smallest absolute Gasteiger partial charge is 0.294 e. The van der Waals surface area contributed by atoms with Gasteiger partial charge in [-0.1, -0.05) is 12.1 Å². The lowest BCUT2D eigenvalue weighted by Gasteiger charge is -2.07. The van der Waals surface area contributed by atoms with Crippen LogP contribution in [0.15, 0.2) is 58.5 Å². The van der Waals surface area contributed by atoms with E-state index in [1.807, 2.05) is 0 Å². The number of nitrogens with two attached hydrogens (primary N) is 1. The van der Waals surface area contributed by atoms with Crippen LogP contribution in [-0.2, 0) is 19.6 Å². The molecule has 2 aromatic rings. The van der Waals surface area contributed by atoms with Crippen molar-refractivity contribution in [2.75, 3.05) is 10.7 Å². The van der Waals surface area contributed by atoms with Crippen molar-refractivity contribution in [1.29, 1.82) is 0 Å². The number of ketones is 1. The summed E-state index contributed by atoms with van der Waals surface area (Å²) in [5, 5.41) is 22.0. The van der Waals surface area contributed by atoms with E-state index in [1.165, 1.54) is 48.5 Å². The third-order valence-corrected chi connectivity index (χ3v) is 4.31. The molecule has 11 nitrogen and oxygen atoms in total. The number of nitrogens with zero attached hydrogens (tertiary/aromatic N) is 2. The maximum atomic E-state index is 12.3. The first-order chi connectivity index (χ1) is 13.1. The normalized spacial score (nSPS) is 11.6. The Morgan fingerprint density at radius 2 is 1.71 bits per heavy atom. The molecule has 0 fully saturated rings. The van der Waals surface area contributed by atoms with Crippen LogP contribution in [0.1, 0.15) is 6.92 Å². The lowest BCUT2D eigenvalue weighted by molar-refractivity contribution is -0.384. The molecule has 0 unspecified atom stereocenters. The number of anilines is 2. The van der Waals surface area contributed by atoms with Gasteiger partial charge in [0.25, 0.3) is 11.6 Å². The van der Waals surface area contributed by atoms with Crippen molar-refractivity contribution in [3.8, 4) is 0 Å². The summed E-state index contributed by atoms with van der Waals surface area (Å²) in [5.74, 6) is -1.58. The van der Waals surface area contributed by atoms with E-state index in [9.17, 15) is 28.1 Å². The summed E-state index contributed by atoms with van der Waals surface area (Å²) in [4.78, 5) is 34.2. The van der Waals surface area contributed by atoms with Gasteiger partial charge in [0.2, 0.25) is 10.0 Å². The largest absolute Gasteiger partial charge is 0.320 e. The number of para-hydroxylation sites is 2. The Bertz CT molecular complexity index is 1060. The van der Waals surface area contributed by atoms with Crippen molar-refractivity contribution in [1.82, 2.24) is 0 Å². The third kappa shape index (κ3) is 5.18. The SMILES string of the molecule is CC(=O)/C(=N/Nc1ccccc1[N+](=O)[O-])C(=O)Nc1ccc(S(N)(=O)=O)cc1. The Hall–Kier alpha value is -3.64. The second kappa shape index (κ2) is 8.37. The lowest BCUT2D eigenvalue weighted by Crippen LogP contribution is -2.29. The fraction of sp³-hybridized carbons (Fsp3) is 0.0625. The molecule has 28 heavy (non-hydrogen) atoms. The molecule has 0 aliphatic heterocycles. The van der Waals surface area contributed by atoms with Gasteiger partial charge in [0.1, 0.15) is 5.69 Å². The van der Waals surface area contributed by atoms with E-state index >= 15 is 0 Å². The van der Waals surface area contributed by atoms with E-state index in [1.54, 1.807) is 0 Å². The molecule has 12 heteroatoms. The Kier molecular flexibility index (Phi) is 6.18. The molecule has 0 aromatic heterocycles. The molecule has 0 saturated carbocycles. The molecular formula is C16H15N5O6S. The number of nitro groups is 1. The second-order valence-corrected chi connectivity index (χ2v) is 6.99. The maximum Gasteiger partial charge on any atom is 0.294 e. The molecule has 0 spiro atoms. The predicted molar refractivity (Wildman–Crippen MR) is 101 cm³/mol. The summed E-state index contributed by atoms with van der Waals surface area (Å²) in [7, 11) is -3.88. The molecule has 0 aliphatic carbocycles. The van der Waals surface area contributed by atoms with Gasteiger partial charge in [-0.3, -0.25) is 25.1 Å².